The van der Waals surface area contributed by atoms with E-state index in [-0.39, 0.29) is 17.5 Å². The fourth-order valence-electron chi connectivity index (χ4n) is 1.26. The average molecular weight is 239 g/mol. The van der Waals surface area contributed by atoms with Gasteiger partial charge in [0.1, 0.15) is 0 Å². The van der Waals surface area contributed by atoms with Crippen molar-refractivity contribution in [1.29, 1.82) is 0 Å². The number of aromatic carboxylic acids is 1. The fourth-order valence-corrected chi connectivity index (χ4v) is 1.26. The van der Waals surface area contributed by atoms with Crippen LogP contribution in [0.2, 0.25) is 0 Å². The van der Waals surface area contributed by atoms with E-state index in [2.05, 4.69) is 10.3 Å². The third-order valence-corrected chi connectivity index (χ3v) is 2.58. The van der Waals surface area contributed by atoms with Crippen LogP contribution < -0.4 is 5.32 Å². The van der Waals surface area contributed by atoms with Crippen LogP contribution >= 0.6 is 0 Å². The molecule has 0 saturated carbocycles. The SMILES string of the molecule is CCC(C)C(=O)NCCn1cnc(C(=O)O)c1. The number of aromatic nitrogens is 2. The molecule has 94 valence electrons. The third-order valence-electron chi connectivity index (χ3n) is 2.58. The first-order chi connectivity index (χ1) is 8.04. The lowest BCUT2D eigenvalue weighted by atomic mass is 10.1. The summed E-state index contributed by atoms with van der Waals surface area (Å²) in [6, 6.07) is 0. The van der Waals surface area contributed by atoms with Crippen molar-refractivity contribution >= 4 is 11.9 Å². The number of nitrogens with zero attached hydrogens (tertiary/aromatic N) is 2. The Labute approximate surface area is 99.7 Å². The van der Waals surface area contributed by atoms with Gasteiger partial charge in [-0.05, 0) is 6.42 Å². The van der Waals surface area contributed by atoms with E-state index in [0.29, 0.717) is 13.1 Å². The molecule has 0 radical (unpaired) electrons. The number of nitrogens with one attached hydrogen (secondary N) is 1. The van der Waals surface area contributed by atoms with Crippen molar-refractivity contribution in [2.24, 2.45) is 5.92 Å². The van der Waals surface area contributed by atoms with Gasteiger partial charge in [0.15, 0.2) is 5.69 Å². The van der Waals surface area contributed by atoms with Crippen LogP contribution in [0.5, 0.6) is 0 Å². The Balaban J connectivity index is 2.35. The molecule has 17 heavy (non-hydrogen) atoms. The number of carbonyl (C=O) groups is 2. The van der Waals surface area contributed by atoms with E-state index in [0.717, 1.165) is 6.42 Å². The van der Waals surface area contributed by atoms with Crippen LogP contribution in [0, 0.1) is 5.92 Å². The van der Waals surface area contributed by atoms with E-state index in [1.807, 2.05) is 13.8 Å². The summed E-state index contributed by atoms with van der Waals surface area (Å²) in [5, 5.41) is 11.5. The van der Waals surface area contributed by atoms with Gasteiger partial charge in [-0.15, -0.1) is 0 Å². The van der Waals surface area contributed by atoms with Gasteiger partial charge in [-0.25, -0.2) is 9.78 Å². The van der Waals surface area contributed by atoms with Crippen molar-refractivity contribution in [2.75, 3.05) is 6.54 Å². The van der Waals surface area contributed by atoms with E-state index >= 15 is 0 Å². The van der Waals surface area contributed by atoms with Gasteiger partial charge in [0, 0.05) is 25.2 Å². The maximum atomic E-state index is 11.4. The Bertz CT molecular complexity index is 400. The monoisotopic (exact) mass is 239 g/mol. The summed E-state index contributed by atoms with van der Waals surface area (Å²) < 4.78 is 1.64. The number of carboxylic acids is 1. The molecule has 6 nitrogen and oxygen atoms in total. The molecule has 0 bridgehead atoms. The molecule has 1 unspecified atom stereocenters. The highest BCUT2D eigenvalue weighted by Gasteiger charge is 2.09. The second kappa shape index (κ2) is 6.03. The summed E-state index contributed by atoms with van der Waals surface area (Å²) in [6.45, 7) is 4.81. The smallest absolute Gasteiger partial charge is 0.356 e. The van der Waals surface area contributed by atoms with Gasteiger partial charge in [-0.2, -0.15) is 0 Å². The zero-order valence-corrected chi connectivity index (χ0v) is 10.0. The molecule has 0 fully saturated rings. The maximum absolute atomic E-state index is 11.4. The normalized spacial score (nSPS) is 12.1. The number of hydrogen-bond donors (Lipinski definition) is 2. The highest BCUT2D eigenvalue weighted by molar-refractivity contribution is 5.84. The summed E-state index contributed by atoms with van der Waals surface area (Å²) in [4.78, 5) is 25.7. The van der Waals surface area contributed by atoms with Gasteiger partial charge in [0.05, 0.1) is 6.33 Å². The van der Waals surface area contributed by atoms with Crippen molar-refractivity contribution in [3.8, 4) is 0 Å². The second-order valence-corrected chi connectivity index (χ2v) is 3.90. The Morgan fingerprint density at radius 3 is 2.82 bits per heavy atom. The van der Waals surface area contributed by atoms with Gasteiger partial charge >= 0.3 is 5.97 Å². The quantitative estimate of drug-likeness (QED) is 0.767. The van der Waals surface area contributed by atoms with Gasteiger partial charge in [0.25, 0.3) is 0 Å². The van der Waals surface area contributed by atoms with E-state index in [9.17, 15) is 9.59 Å². The van der Waals surface area contributed by atoms with Crippen LogP contribution in [-0.2, 0) is 11.3 Å². The molecule has 0 aliphatic rings. The lowest BCUT2D eigenvalue weighted by Gasteiger charge is -2.09. The number of carbonyl (C=O) groups excluding carboxylic acids is 1. The van der Waals surface area contributed by atoms with Crippen molar-refractivity contribution in [2.45, 2.75) is 26.8 Å². The lowest BCUT2D eigenvalue weighted by Crippen LogP contribution is -2.31. The number of rotatable bonds is 6. The second-order valence-electron chi connectivity index (χ2n) is 3.90. The summed E-state index contributed by atoms with van der Waals surface area (Å²) in [5.41, 5.74) is 0.0123. The first kappa shape index (κ1) is 13.2. The molecule has 0 aliphatic heterocycles. The summed E-state index contributed by atoms with van der Waals surface area (Å²) in [6.07, 6.45) is 3.69. The van der Waals surface area contributed by atoms with Gasteiger partial charge in [-0.3, -0.25) is 4.79 Å². The third kappa shape index (κ3) is 3.90. The molecule has 1 aromatic rings. The minimum atomic E-state index is -1.05. The van der Waals surface area contributed by atoms with Crippen LogP contribution in [0.4, 0.5) is 0 Å². The minimum Gasteiger partial charge on any atom is -0.476 e. The number of amides is 1. The predicted octanol–water partition coefficient (Wildman–Crippen LogP) is 0.744. The molecule has 0 saturated heterocycles. The highest BCUT2D eigenvalue weighted by atomic mass is 16.4. The minimum absolute atomic E-state index is 0.00682. The zero-order valence-electron chi connectivity index (χ0n) is 10.0. The van der Waals surface area contributed by atoms with Crippen molar-refractivity contribution in [3.63, 3.8) is 0 Å². The molecule has 1 atom stereocenters. The first-order valence-electron chi connectivity index (χ1n) is 5.57. The molecule has 1 aromatic heterocycles. The molecule has 1 rings (SSSR count). The van der Waals surface area contributed by atoms with E-state index in [1.54, 1.807) is 4.57 Å². The molecule has 1 amide bonds. The topological polar surface area (TPSA) is 84.2 Å². The molecule has 0 aromatic carbocycles. The molecular formula is C11H17N3O3. The Morgan fingerprint density at radius 2 is 2.29 bits per heavy atom. The van der Waals surface area contributed by atoms with Crippen molar-refractivity contribution in [3.05, 3.63) is 18.2 Å². The van der Waals surface area contributed by atoms with Gasteiger partial charge < -0.3 is 15.0 Å². The molecular weight excluding hydrogens is 222 g/mol. The van der Waals surface area contributed by atoms with Crippen LogP contribution in [0.15, 0.2) is 12.5 Å². The van der Waals surface area contributed by atoms with Crippen molar-refractivity contribution < 1.29 is 14.7 Å². The maximum Gasteiger partial charge on any atom is 0.356 e. The average Bonchev–Trinajstić information content (AvgIpc) is 2.76. The predicted molar refractivity (Wildman–Crippen MR) is 61.7 cm³/mol. The van der Waals surface area contributed by atoms with Gasteiger partial charge in [-0.1, -0.05) is 13.8 Å². The highest BCUT2D eigenvalue weighted by Crippen LogP contribution is 1.99. The van der Waals surface area contributed by atoms with Crippen LogP contribution in [-0.4, -0.2) is 33.1 Å². The van der Waals surface area contributed by atoms with Crippen molar-refractivity contribution in [1.82, 2.24) is 14.9 Å². The number of imidazole rings is 1. The van der Waals surface area contributed by atoms with Gasteiger partial charge in [0.2, 0.25) is 5.91 Å². The Morgan fingerprint density at radius 1 is 1.59 bits per heavy atom. The molecule has 6 heteroatoms. The zero-order chi connectivity index (χ0) is 12.8. The largest absolute Gasteiger partial charge is 0.476 e. The standard InChI is InChI=1S/C11H17N3O3/c1-3-8(2)10(15)12-4-5-14-6-9(11(16)17)13-7-14/h6-8H,3-5H2,1-2H3,(H,12,15)(H,16,17). The summed E-state index contributed by atoms with van der Waals surface area (Å²) >= 11 is 0. The van der Waals surface area contributed by atoms with Crippen LogP contribution in [0.1, 0.15) is 30.8 Å². The number of carboxylic acid groups (broad SMARTS) is 1. The Hall–Kier alpha value is -1.85. The van der Waals surface area contributed by atoms with E-state index < -0.39 is 5.97 Å². The Kier molecular flexibility index (Phi) is 4.68. The molecule has 1 heterocycles. The van der Waals surface area contributed by atoms with E-state index in [1.165, 1.54) is 12.5 Å². The molecule has 0 aliphatic carbocycles. The number of hydrogen-bond acceptors (Lipinski definition) is 3. The summed E-state index contributed by atoms with van der Waals surface area (Å²) in [5.74, 6) is -1.02. The molecule has 0 spiro atoms. The summed E-state index contributed by atoms with van der Waals surface area (Å²) in [7, 11) is 0. The lowest BCUT2D eigenvalue weighted by molar-refractivity contribution is -0.124. The fraction of sp³-hybridized carbons (Fsp3) is 0.545. The first-order valence-corrected chi connectivity index (χ1v) is 5.57. The van der Waals surface area contributed by atoms with E-state index in [4.69, 9.17) is 5.11 Å². The van der Waals surface area contributed by atoms with Crippen LogP contribution in [0.25, 0.3) is 0 Å². The molecule has 2 N–H and O–H groups in total. The van der Waals surface area contributed by atoms with Crippen LogP contribution in [0.3, 0.4) is 0 Å².